The van der Waals surface area contributed by atoms with Crippen LogP contribution >= 0.6 is 11.3 Å². The molecule has 24 heavy (non-hydrogen) atoms. The standard InChI is InChI=1S/C18H21N3O2S/c1-12(14-7-4-5-9-19-14)21-17(22)11-20-18(23)16-10-13-6-2-3-8-15(13)24-16/h4-5,7,9-10,12H,2-3,6,8,11H2,1H3,(H,20,23)(H,21,22)/t12-/m0/s1. The number of carbonyl (C=O) groups excluding carboxylic acids is 2. The predicted molar refractivity (Wildman–Crippen MR) is 94.1 cm³/mol. The minimum absolute atomic E-state index is 0.0292. The smallest absolute Gasteiger partial charge is 0.261 e. The van der Waals surface area contributed by atoms with E-state index in [1.165, 1.54) is 23.3 Å². The molecule has 2 aromatic heterocycles. The molecular weight excluding hydrogens is 322 g/mol. The fraction of sp³-hybridized carbons (Fsp3) is 0.389. The lowest BCUT2D eigenvalue weighted by Crippen LogP contribution is -2.38. The average Bonchev–Trinajstić information content (AvgIpc) is 3.04. The van der Waals surface area contributed by atoms with Gasteiger partial charge in [-0.05, 0) is 56.4 Å². The third-order valence-corrected chi connectivity index (χ3v) is 5.37. The summed E-state index contributed by atoms with van der Waals surface area (Å²) < 4.78 is 0. The third kappa shape index (κ3) is 4.00. The van der Waals surface area contributed by atoms with Gasteiger partial charge in [-0.1, -0.05) is 6.07 Å². The van der Waals surface area contributed by atoms with Crippen molar-refractivity contribution in [1.82, 2.24) is 15.6 Å². The first kappa shape index (κ1) is 16.6. The zero-order chi connectivity index (χ0) is 16.9. The SMILES string of the molecule is C[C@H](NC(=O)CNC(=O)c1cc2c(s1)CCCC2)c1ccccn1. The summed E-state index contributed by atoms with van der Waals surface area (Å²) in [5, 5.41) is 5.54. The average molecular weight is 343 g/mol. The van der Waals surface area contributed by atoms with Gasteiger partial charge in [0, 0.05) is 11.1 Å². The number of aromatic nitrogens is 1. The lowest BCUT2D eigenvalue weighted by atomic mass is 9.99. The van der Waals surface area contributed by atoms with Gasteiger partial charge in [0.1, 0.15) is 0 Å². The van der Waals surface area contributed by atoms with Crippen LogP contribution in [0, 0.1) is 0 Å². The van der Waals surface area contributed by atoms with Crippen LogP contribution in [0.1, 0.15) is 51.6 Å². The van der Waals surface area contributed by atoms with E-state index in [4.69, 9.17) is 0 Å². The van der Waals surface area contributed by atoms with Gasteiger partial charge >= 0.3 is 0 Å². The Morgan fingerprint density at radius 3 is 2.88 bits per heavy atom. The maximum Gasteiger partial charge on any atom is 0.261 e. The summed E-state index contributed by atoms with van der Waals surface area (Å²) in [6.07, 6.45) is 6.20. The molecule has 0 saturated heterocycles. The third-order valence-electron chi connectivity index (χ3n) is 4.14. The number of nitrogens with zero attached hydrogens (tertiary/aromatic N) is 1. The van der Waals surface area contributed by atoms with Crippen molar-refractivity contribution in [3.63, 3.8) is 0 Å². The Bertz CT molecular complexity index is 704. The normalized spacial score (nSPS) is 14.5. The van der Waals surface area contributed by atoms with Gasteiger partial charge in [0.05, 0.1) is 23.2 Å². The minimum Gasteiger partial charge on any atom is -0.346 e. The van der Waals surface area contributed by atoms with Crippen LogP contribution in [0.3, 0.4) is 0 Å². The minimum atomic E-state index is -0.220. The number of aryl methyl sites for hydroxylation is 2. The summed E-state index contributed by atoms with van der Waals surface area (Å²) in [5.74, 6) is -0.391. The molecule has 0 radical (unpaired) electrons. The molecule has 0 bridgehead atoms. The summed E-state index contributed by atoms with van der Waals surface area (Å²) >= 11 is 1.55. The van der Waals surface area contributed by atoms with E-state index in [1.54, 1.807) is 17.5 Å². The Labute approximate surface area is 145 Å². The van der Waals surface area contributed by atoms with Crippen molar-refractivity contribution >= 4 is 23.2 Å². The fourth-order valence-electron chi connectivity index (χ4n) is 2.85. The van der Waals surface area contributed by atoms with E-state index in [9.17, 15) is 9.59 Å². The zero-order valence-corrected chi connectivity index (χ0v) is 14.5. The molecule has 0 aromatic carbocycles. The number of amides is 2. The van der Waals surface area contributed by atoms with E-state index < -0.39 is 0 Å². The molecule has 2 heterocycles. The van der Waals surface area contributed by atoms with Crippen molar-refractivity contribution < 1.29 is 9.59 Å². The molecule has 5 nitrogen and oxygen atoms in total. The number of hydrogen-bond donors (Lipinski definition) is 2. The van der Waals surface area contributed by atoms with Crippen LogP contribution in [0.15, 0.2) is 30.5 Å². The Balaban J connectivity index is 1.50. The van der Waals surface area contributed by atoms with E-state index in [1.807, 2.05) is 31.2 Å². The predicted octanol–water partition coefficient (Wildman–Crippen LogP) is 2.63. The molecule has 1 atom stereocenters. The summed E-state index contributed by atoms with van der Waals surface area (Å²) in [6, 6.07) is 7.36. The van der Waals surface area contributed by atoms with E-state index in [-0.39, 0.29) is 24.4 Å². The molecule has 0 saturated carbocycles. The Hall–Kier alpha value is -2.21. The van der Waals surface area contributed by atoms with Crippen LogP contribution in [0.4, 0.5) is 0 Å². The van der Waals surface area contributed by atoms with Crippen LogP contribution in [0.25, 0.3) is 0 Å². The monoisotopic (exact) mass is 343 g/mol. The highest BCUT2D eigenvalue weighted by molar-refractivity contribution is 7.14. The van der Waals surface area contributed by atoms with Crippen molar-refractivity contribution in [1.29, 1.82) is 0 Å². The second-order valence-electron chi connectivity index (χ2n) is 5.99. The number of rotatable bonds is 5. The lowest BCUT2D eigenvalue weighted by Gasteiger charge is -2.13. The topological polar surface area (TPSA) is 71.1 Å². The molecule has 2 amide bonds. The first-order valence-electron chi connectivity index (χ1n) is 8.23. The van der Waals surface area contributed by atoms with E-state index in [0.717, 1.165) is 18.5 Å². The molecule has 0 unspecified atom stereocenters. The number of fused-ring (bicyclic) bond motifs is 1. The van der Waals surface area contributed by atoms with Gasteiger partial charge in [0.15, 0.2) is 0 Å². The molecule has 0 fully saturated rings. The Kier molecular flexibility index (Phi) is 5.25. The molecule has 0 aliphatic heterocycles. The number of thiophene rings is 1. The van der Waals surface area contributed by atoms with Gasteiger partial charge < -0.3 is 10.6 Å². The van der Waals surface area contributed by atoms with Gasteiger partial charge in [-0.25, -0.2) is 0 Å². The first-order valence-corrected chi connectivity index (χ1v) is 9.05. The fourth-order valence-corrected chi connectivity index (χ4v) is 4.02. The molecule has 0 spiro atoms. The number of hydrogen-bond acceptors (Lipinski definition) is 4. The Morgan fingerprint density at radius 1 is 1.29 bits per heavy atom. The van der Waals surface area contributed by atoms with Crippen LogP contribution in [-0.2, 0) is 17.6 Å². The van der Waals surface area contributed by atoms with Gasteiger partial charge in [-0.2, -0.15) is 0 Å². The highest BCUT2D eigenvalue weighted by Crippen LogP contribution is 2.29. The van der Waals surface area contributed by atoms with Crippen LogP contribution in [-0.4, -0.2) is 23.3 Å². The highest BCUT2D eigenvalue weighted by Gasteiger charge is 2.18. The van der Waals surface area contributed by atoms with Gasteiger partial charge in [0.25, 0.3) is 5.91 Å². The van der Waals surface area contributed by atoms with Gasteiger partial charge in [0.2, 0.25) is 5.91 Å². The van der Waals surface area contributed by atoms with Gasteiger partial charge in [-0.15, -0.1) is 11.3 Å². The second kappa shape index (κ2) is 7.57. The van der Waals surface area contributed by atoms with Gasteiger partial charge in [-0.3, -0.25) is 14.6 Å². The van der Waals surface area contributed by atoms with Crippen molar-refractivity contribution in [3.8, 4) is 0 Å². The van der Waals surface area contributed by atoms with E-state index >= 15 is 0 Å². The molecular formula is C18H21N3O2S. The Morgan fingerprint density at radius 2 is 2.12 bits per heavy atom. The maximum absolute atomic E-state index is 12.2. The van der Waals surface area contributed by atoms with Crippen LogP contribution in [0.2, 0.25) is 0 Å². The quantitative estimate of drug-likeness (QED) is 0.877. The largest absolute Gasteiger partial charge is 0.346 e. The van der Waals surface area contributed by atoms with Crippen molar-refractivity contribution in [2.75, 3.05) is 6.54 Å². The van der Waals surface area contributed by atoms with Crippen molar-refractivity contribution in [3.05, 3.63) is 51.5 Å². The van der Waals surface area contributed by atoms with E-state index in [0.29, 0.717) is 4.88 Å². The molecule has 126 valence electrons. The number of pyridine rings is 1. The molecule has 1 aliphatic carbocycles. The molecule has 1 aliphatic rings. The van der Waals surface area contributed by atoms with Crippen LogP contribution < -0.4 is 10.6 Å². The summed E-state index contributed by atoms with van der Waals surface area (Å²) in [6.45, 7) is 1.84. The van der Waals surface area contributed by atoms with Crippen LogP contribution in [0.5, 0.6) is 0 Å². The summed E-state index contributed by atoms with van der Waals surface area (Å²) in [4.78, 5) is 30.5. The first-order chi connectivity index (χ1) is 11.6. The van der Waals surface area contributed by atoms with Crippen molar-refractivity contribution in [2.24, 2.45) is 0 Å². The zero-order valence-electron chi connectivity index (χ0n) is 13.7. The summed E-state index contributed by atoms with van der Waals surface area (Å²) in [5.41, 5.74) is 2.09. The second-order valence-corrected chi connectivity index (χ2v) is 7.13. The van der Waals surface area contributed by atoms with E-state index in [2.05, 4.69) is 15.6 Å². The highest BCUT2D eigenvalue weighted by atomic mass is 32.1. The number of carbonyl (C=O) groups is 2. The molecule has 2 aromatic rings. The maximum atomic E-state index is 12.2. The molecule has 3 rings (SSSR count). The molecule has 6 heteroatoms. The molecule has 2 N–H and O–H groups in total. The summed E-state index contributed by atoms with van der Waals surface area (Å²) in [7, 11) is 0. The van der Waals surface area contributed by atoms with Crippen molar-refractivity contribution in [2.45, 2.75) is 38.6 Å². The number of nitrogens with one attached hydrogen (secondary N) is 2. The lowest BCUT2D eigenvalue weighted by molar-refractivity contribution is -0.120.